The van der Waals surface area contributed by atoms with Crippen LogP contribution in [0.3, 0.4) is 0 Å². The van der Waals surface area contributed by atoms with Crippen LogP contribution in [0.4, 0.5) is 5.69 Å². The monoisotopic (exact) mass is 317 g/mol. The maximum Gasteiger partial charge on any atom is 0.269 e. The van der Waals surface area contributed by atoms with Crippen LogP contribution in [0.2, 0.25) is 0 Å². The van der Waals surface area contributed by atoms with Crippen LogP contribution in [0.25, 0.3) is 11.4 Å². The van der Waals surface area contributed by atoms with Gasteiger partial charge in [-0.2, -0.15) is 16.1 Å². The van der Waals surface area contributed by atoms with Gasteiger partial charge in [-0.3, -0.25) is 10.1 Å². The molecule has 1 atom stereocenters. The highest BCUT2D eigenvalue weighted by Crippen LogP contribution is 2.21. The second kappa shape index (κ2) is 6.00. The van der Waals surface area contributed by atoms with Crippen LogP contribution in [0.15, 0.2) is 41.1 Å². The van der Waals surface area contributed by atoms with E-state index in [0.717, 1.165) is 5.56 Å². The Kier molecular flexibility index (Phi) is 3.90. The maximum absolute atomic E-state index is 10.8. The van der Waals surface area contributed by atoms with E-state index in [0.29, 0.717) is 11.4 Å². The van der Waals surface area contributed by atoms with Gasteiger partial charge in [-0.15, -0.1) is 10.2 Å². The second-order valence-electron chi connectivity index (χ2n) is 4.55. The third kappa shape index (κ3) is 3.00. The Morgan fingerprint density at radius 3 is 3.00 bits per heavy atom. The highest BCUT2D eigenvalue weighted by molar-refractivity contribution is 7.08. The number of aliphatic hydroxyl groups excluding tert-OH is 1. The zero-order chi connectivity index (χ0) is 15.5. The fourth-order valence-corrected chi connectivity index (χ4v) is 2.57. The van der Waals surface area contributed by atoms with Crippen LogP contribution >= 0.6 is 11.3 Å². The lowest BCUT2D eigenvalue weighted by Crippen LogP contribution is -2.11. The van der Waals surface area contributed by atoms with Crippen LogP contribution in [-0.2, 0) is 6.54 Å². The van der Waals surface area contributed by atoms with Gasteiger partial charge in [0.2, 0.25) is 5.82 Å². The first kappa shape index (κ1) is 14.3. The summed E-state index contributed by atoms with van der Waals surface area (Å²) in [4.78, 5) is 11.5. The minimum Gasteiger partial charge on any atom is -0.386 e. The standard InChI is InChI=1S/C13H11N5O3S/c19-12(9-2-1-3-11(6-9)18(20)21)7-17-15-13(14-16-17)10-4-5-22-8-10/h1-6,8,12,19H,7H2/t12-/m0/s1. The fourth-order valence-electron chi connectivity index (χ4n) is 1.93. The molecule has 0 unspecified atom stereocenters. The van der Waals surface area contributed by atoms with Crippen molar-refractivity contribution in [2.75, 3.05) is 0 Å². The molecular weight excluding hydrogens is 306 g/mol. The van der Waals surface area contributed by atoms with Gasteiger partial charge < -0.3 is 5.11 Å². The SMILES string of the molecule is O=[N+]([O-])c1cccc([C@@H](O)Cn2nnc(-c3ccsc3)n2)c1. The Morgan fingerprint density at radius 2 is 2.27 bits per heavy atom. The lowest BCUT2D eigenvalue weighted by Gasteiger charge is -2.09. The second-order valence-corrected chi connectivity index (χ2v) is 5.33. The van der Waals surface area contributed by atoms with Gasteiger partial charge in [0.05, 0.1) is 11.5 Å². The highest BCUT2D eigenvalue weighted by atomic mass is 32.1. The van der Waals surface area contributed by atoms with Crippen LogP contribution in [0.5, 0.6) is 0 Å². The zero-order valence-electron chi connectivity index (χ0n) is 11.2. The maximum atomic E-state index is 10.8. The van der Waals surface area contributed by atoms with Crippen molar-refractivity contribution in [2.45, 2.75) is 12.6 Å². The van der Waals surface area contributed by atoms with Crippen LogP contribution in [0, 0.1) is 10.1 Å². The minimum absolute atomic E-state index is 0.0675. The number of nitro groups is 1. The molecular formula is C13H11N5O3S. The number of nitro benzene ring substituents is 1. The number of non-ortho nitro benzene ring substituents is 1. The number of aliphatic hydroxyl groups is 1. The number of aromatic nitrogens is 4. The third-order valence-corrected chi connectivity index (χ3v) is 3.72. The van der Waals surface area contributed by atoms with Crippen molar-refractivity contribution in [1.29, 1.82) is 0 Å². The van der Waals surface area contributed by atoms with Crippen LogP contribution in [0.1, 0.15) is 11.7 Å². The Labute approximate surface area is 128 Å². The first-order valence-electron chi connectivity index (χ1n) is 6.36. The number of hydrogen-bond acceptors (Lipinski definition) is 7. The Balaban J connectivity index is 1.75. The van der Waals surface area contributed by atoms with Gasteiger partial charge in [-0.1, -0.05) is 12.1 Å². The van der Waals surface area contributed by atoms with Crippen LogP contribution < -0.4 is 0 Å². The largest absolute Gasteiger partial charge is 0.386 e. The average Bonchev–Trinajstić information content (AvgIpc) is 3.18. The van der Waals surface area contributed by atoms with Gasteiger partial charge in [0.1, 0.15) is 6.10 Å². The van der Waals surface area contributed by atoms with E-state index in [9.17, 15) is 15.2 Å². The van der Waals surface area contributed by atoms with Crippen LogP contribution in [-0.4, -0.2) is 30.2 Å². The van der Waals surface area contributed by atoms with Crippen molar-refractivity contribution >= 4 is 17.0 Å². The van der Waals surface area contributed by atoms with E-state index in [-0.39, 0.29) is 12.2 Å². The highest BCUT2D eigenvalue weighted by Gasteiger charge is 2.15. The molecule has 0 saturated heterocycles. The summed E-state index contributed by atoms with van der Waals surface area (Å²) in [5, 5.41) is 36.7. The van der Waals surface area contributed by atoms with Crippen molar-refractivity contribution in [3.05, 3.63) is 56.8 Å². The average molecular weight is 317 g/mol. The number of tetrazole rings is 1. The Hall–Kier alpha value is -2.65. The van der Waals surface area contributed by atoms with E-state index in [1.165, 1.54) is 34.3 Å². The molecule has 112 valence electrons. The molecule has 0 fully saturated rings. The van der Waals surface area contributed by atoms with E-state index in [1.54, 1.807) is 6.07 Å². The van der Waals surface area contributed by atoms with E-state index >= 15 is 0 Å². The smallest absolute Gasteiger partial charge is 0.269 e. The molecule has 8 nitrogen and oxygen atoms in total. The molecule has 0 saturated carbocycles. The molecule has 22 heavy (non-hydrogen) atoms. The molecule has 0 radical (unpaired) electrons. The molecule has 0 bridgehead atoms. The van der Waals surface area contributed by atoms with Gasteiger partial charge in [0.15, 0.2) is 0 Å². The Morgan fingerprint density at radius 1 is 1.41 bits per heavy atom. The molecule has 0 amide bonds. The van der Waals surface area contributed by atoms with E-state index in [2.05, 4.69) is 15.4 Å². The molecule has 0 aliphatic heterocycles. The van der Waals surface area contributed by atoms with Crippen molar-refractivity contribution < 1.29 is 10.0 Å². The van der Waals surface area contributed by atoms with E-state index < -0.39 is 11.0 Å². The molecule has 1 N–H and O–H groups in total. The van der Waals surface area contributed by atoms with Gasteiger partial charge in [-0.05, 0) is 22.2 Å². The van der Waals surface area contributed by atoms with Gasteiger partial charge in [0.25, 0.3) is 5.69 Å². The van der Waals surface area contributed by atoms with Crippen molar-refractivity contribution in [3.63, 3.8) is 0 Å². The summed E-state index contributed by atoms with van der Waals surface area (Å²) in [5.74, 6) is 0.479. The predicted molar refractivity (Wildman–Crippen MR) is 79.2 cm³/mol. The number of rotatable bonds is 5. The molecule has 3 rings (SSSR count). The summed E-state index contributed by atoms with van der Waals surface area (Å²) in [6.45, 7) is 0.0678. The van der Waals surface area contributed by atoms with E-state index in [1.807, 2.05) is 16.8 Å². The summed E-state index contributed by atoms with van der Waals surface area (Å²) in [6, 6.07) is 7.74. The number of thiophene rings is 1. The first-order valence-corrected chi connectivity index (χ1v) is 7.30. The molecule has 3 aromatic rings. The number of nitrogens with zero attached hydrogens (tertiary/aromatic N) is 5. The molecule has 0 aliphatic rings. The number of benzene rings is 1. The first-order chi connectivity index (χ1) is 10.6. The van der Waals surface area contributed by atoms with Crippen molar-refractivity contribution in [1.82, 2.24) is 20.2 Å². The zero-order valence-corrected chi connectivity index (χ0v) is 12.1. The van der Waals surface area contributed by atoms with Crippen molar-refractivity contribution in [3.8, 4) is 11.4 Å². The number of hydrogen-bond donors (Lipinski definition) is 1. The Bertz CT molecular complexity index is 787. The summed E-state index contributed by atoms with van der Waals surface area (Å²) < 4.78 is 0. The minimum atomic E-state index is -0.954. The molecule has 0 spiro atoms. The summed E-state index contributed by atoms with van der Waals surface area (Å²) >= 11 is 1.53. The lowest BCUT2D eigenvalue weighted by atomic mass is 10.1. The quantitative estimate of drug-likeness (QED) is 0.570. The molecule has 2 aromatic heterocycles. The third-order valence-electron chi connectivity index (χ3n) is 3.03. The summed E-state index contributed by atoms with van der Waals surface area (Å²) in [7, 11) is 0. The normalized spacial score (nSPS) is 12.2. The fraction of sp³-hybridized carbons (Fsp3) is 0.154. The van der Waals surface area contributed by atoms with Gasteiger partial charge in [-0.25, -0.2) is 0 Å². The van der Waals surface area contributed by atoms with E-state index in [4.69, 9.17) is 0 Å². The summed E-state index contributed by atoms with van der Waals surface area (Å²) in [6.07, 6.45) is -0.954. The lowest BCUT2D eigenvalue weighted by molar-refractivity contribution is -0.385. The summed E-state index contributed by atoms with van der Waals surface area (Å²) in [5.41, 5.74) is 1.23. The van der Waals surface area contributed by atoms with Gasteiger partial charge >= 0.3 is 0 Å². The van der Waals surface area contributed by atoms with Gasteiger partial charge in [0, 0.05) is 23.1 Å². The van der Waals surface area contributed by atoms with Crippen molar-refractivity contribution in [2.24, 2.45) is 0 Å². The molecule has 1 aromatic carbocycles. The molecule has 0 aliphatic carbocycles. The molecule has 2 heterocycles. The predicted octanol–water partition coefficient (Wildman–Crippen LogP) is 2.04. The topological polar surface area (TPSA) is 107 Å². The molecule has 9 heteroatoms.